The molecular formula is C14H16N2O2S2. The molecule has 0 spiro atoms. The van der Waals surface area contributed by atoms with Crippen molar-refractivity contribution in [2.24, 2.45) is 5.73 Å². The Bertz CT molecular complexity index is 722. The number of fused-ring (bicyclic) bond motifs is 1. The van der Waals surface area contributed by atoms with E-state index in [0.717, 1.165) is 6.42 Å². The summed E-state index contributed by atoms with van der Waals surface area (Å²) in [5.41, 5.74) is 8.13. The van der Waals surface area contributed by atoms with E-state index in [0.29, 0.717) is 16.3 Å². The number of hydrogen-bond acceptors (Lipinski definition) is 4. The Morgan fingerprint density at radius 2 is 2.10 bits per heavy atom. The van der Waals surface area contributed by atoms with Gasteiger partial charge in [0.2, 0.25) is 10.0 Å². The molecule has 1 aromatic carbocycles. The van der Waals surface area contributed by atoms with Crippen molar-refractivity contribution in [3.05, 3.63) is 51.7 Å². The molecule has 1 aromatic heterocycles. The number of hydrogen-bond donors (Lipinski definition) is 2. The van der Waals surface area contributed by atoms with E-state index in [1.165, 1.54) is 22.5 Å². The summed E-state index contributed by atoms with van der Waals surface area (Å²) < 4.78 is 27.2. The first-order valence-corrected chi connectivity index (χ1v) is 8.82. The predicted octanol–water partition coefficient (Wildman–Crippen LogP) is 1.82. The van der Waals surface area contributed by atoms with Gasteiger partial charge in [-0.05, 0) is 29.0 Å². The van der Waals surface area contributed by atoms with Crippen LogP contribution in [0.3, 0.4) is 0 Å². The quantitative estimate of drug-likeness (QED) is 0.885. The van der Waals surface area contributed by atoms with Crippen molar-refractivity contribution in [2.45, 2.75) is 23.8 Å². The summed E-state index contributed by atoms with van der Waals surface area (Å²) >= 11 is 1.37. The second-order valence-corrected chi connectivity index (χ2v) is 7.60. The zero-order chi connectivity index (χ0) is 14.2. The number of thiophene rings is 1. The average Bonchev–Trinajstić information content (AvgIpc) is 2.89. The van der Waals surface area contributed by atoms with Gasteiger partial charge in [-0.15, -0.1) is 11.3 Å². The van der Waals surface area contributed by atoms with Gasteiger partial charge in [-0.1, -0.05) is 24.3 Å². The van der Waals surface area contributed by atoms with E-state index in [1.54, 1.807) is 11.4 Å². The van der Waals surface area contributed by atoms with E-state index < -0.39 is 10.0 Å². The normalized spacial score (nSPS) is 17.6. The van der Waals surface area contributed by atoms with Crippen LogP contribution < -0.4 is 10.5 Å². The first-order chi connectivity index (χ1) is 9.62. The average molecular weight is 308 g/mol. The third-order valence-electron chi connectivity index (χ3n) is 3.66. The Morgan fingerprint density at radius 3 is 2.85 bits per heavy atom. The number of benzene rings is 1. The SMILES string of the molecule is NCc1sccc1S(=O)(=O)NCC1Cc2ccccc21. The van der Waals surface area contributed by atoms with Crippen LogP contribution in [0, 0.1) is 0 Å². The number of rotatable bonds is 5. The first-order valence-electron chi connectivity index (χ1n) is 6.45. The molecule has 1 aliphatic carbocycles. The highest BCUT2D eigenvalue weighted by Crippen LogP contribution is 2.34. The minimum atomic E-state index is -3.45. The van der Waals surface area contributed by atoms with E-state index >= 15 is 0 Å². The van der Waals surface area contributed by atoms with Crippen LogP contribution in [-0.4, -0.2) is 15.0 Å². The molecule has 106 valence electrons. The van der Waals surface area contributed by atoms with Crippen molar-refractivity contribution in [1.82, 2.24) is 4.72 Å². The highest BCUT2D eigenvalue weighted by molar-refractivity contribution is 7.89. The monoisotopic (exact) mass is 308 g/mol. The van der Waals surface area contributed by atoms with E-state index in [9.17, 15) is 8.42 Å². The van der Waals surface area contributed by atoms with Crippen LogP contribution in [0.2, 0.25) is 0 Å². The lowest BCUT2D eigenvalue weighted by atomic mass is 9.78. The molecule has 0 amide bonds. The molecule has 20 heavy (non-hydrogen) atoms. The van der Waals surface area contributed by atoms with Gasteiger partial charge >= 0.3 is 0 Å². The Morgan fingerprint density at radius 1 is 1.30 bits per heavy atom. The van der Waals surface area contributed by atoms with Crippen LogP contribution >= 0.6 is 11.3 Å². The topological polar surface area (TPSA) is 72.2 Å². The molecule has 4 nitrogen and oxygen atoms in total. The van der Waals surface area contributed by atoms with Crippen LogP contribution in [0.5, 0.6) is 0 Å². The maximum Gasteiger partial charge on any atom is 0.241 e. The van der Waals surface area contributed by atoms with Gasteiger partial charge in [0.1, 0.15) is 0 Å². The van der Waals surface area contributed by atoms with Crippen molar-refractivity contribution >= 4 is 21.4 Å². The summed E-state index contributed by atoms with van der Waals surface area (Å²) in [5, 5.41) is 1.76. The van der Waals surface area contributed by atoms with Gasteiger partial charge < -0.3 is 5.73 Å². The van der Waals surface area contributed by atoms with E-state index in [1.807, 2.05) is 12.1 Å². The maximum atomic E-state index is 12.3. The van der Waals surface area contributed by atoms with Crippen molar-refractivity contribution in [2.75, 3.05) is 6.54 Å². The summed E-state index contributed by atoms with van der Waals surface area (Å²) in [6.07, 6.45) is 0.937. The fraction of sp³-hybridized carbons (Fsp3) is 0.286. The van der Waals surface area contributed by atoms with Crippen LogP contribution in [0.4, 0.5) is 0 Å². The van der Waals surface area contributed by atoms with Crippen molar-refractivity contribution in [3.63, 3.8) is 0 Å². The number of sulfonamides is 1. The summed E-state index contributed by atoms with van der Waals surface area (Å²) in [5.74, 6) is 0.279. The molecule has 0 aliphatic heterocycles. The first kappa shape index (κ1) is 13.8. The van der Waals surface area contributed by atoms with Gasteiger partial charge in [0, 0.05) is 23.9 Å². The fourth-order valence-electron chi connectivity index (χ4n) is 2.55. The molecule has 0 saturated carbocycles. The number of nitrogens with one attached hydrogen (secondary N) is 1. The smallest absolute Gasteiger partial charge is 0.241 e. The molecule has 0 radical (unpaired) electrons. The fourth-order valence-corrected chi connectivity index (χ4v) is 4.96. The molecule has 2 aromatic rings. The van der Waals surface area contributed by atoms with Crippen molar-refractivity contribution in [1.29, 1.82) is 0 Å². The van der Waals surface area contributed by atoms with E-state index in [-0.39, 0.29) is 12.5 Å². The molecule has 0 fully saturated rings. The van der Waals surface area contributed by atoms with Gasteiger partial charge in [0.05, 0.1) is 4.90 Å². The third kappa shape index (κ3) is 2.40. The highest BCUT2D eigenvalue weighted by atomic mass is 32.2. The minimum Gasteiger partial charge on any atom is -0.326 e. The molecule has 0 bridgehead atoms. The Hall–Kier alpha value is -1.21. The molecule has 3 N–H and O–H groups in total. The molecule has 3 rings (SSSR count). The summed E-state index contributed by atoms with van der Waals surface area (Å²) in [6.45, 7) is 0.694. The predicted molar refractivity (Wildman–Crippen MR) is 80.3 cm³/mol. The van der Waals surface area contributed by atoms with Gasteiger partial charge in [-0.3, -0.25) is 0 Å². The lowest BCUT2D eigenvalue weighted by molar-refractivity contribution is 0.551. The van der Waals surface area contributed by atoms with Gasteiger partial charge in [-0.2, -0.15) is 0 Å². The van der Waals surface area contributed by atoms with Gasteiger partial charge in [0.25, 0.3) is 0 Å². The summed E-state index contributed by atoms with van der Waals surface area (Å²) in [7, 11) is -3.45. The zero-order valence-corrected chi connectivity index (χ0v) is 12.5. The standard InChI is InChI=1S/C14H16N2O2S2/c15-8-13-14(5-6-19-13)20(17,18)16-9-11-7-10-3-1-2-4-12(10)11/h1-6,11,16H,7-9,15H2. The van der Waals surface area contributed by atoms with Crippen LogP contribution in [0.15, 0.2) is 40.6 Å². The molecule has 1 unspecified atom stereocenters. The van der Waals surface area contributed by atoms with Crippen molar-refractivity contribution in [3.8, 4) is 0 Å². The second kappa shape index (κ2) is 5.29. The van der Waals surface area contributed by atoms with Gasteiger partial charge in [-0.25, -0.2) is 13.1 Å². The van der Waals surface area contributed by atoms with E-state index in [2.05, 4.69) is 16.9 Å². The van der Waals surface area contributed by atoms with E-state index in [4.69, 9.17) is 5.73 Å². The maximum absolute atomic E-state index is 12.3. The highest BCUT2D eigenvalue weighted by Gasteiger charge is 2.27. The molecule has 6 heteroatoms. The number of nitrogens with two attached hydrogens (primary N) is 1. The molecule has 1 atom stereocenters. The largest absolute Gasteiger partial charge is 0.326 e. The lowest BCUT2D eigenvalue weighted by Gasteiger charge is -2.30. The lowest BCUT2D eigenvalue weighted by Crippen LogP contribution is -2.33. The van der Waals surface area contributed by atoms with Crippen LogP contribution in [0.1, 0.15) is 21.9 Å². The zero-order valence-electron chi connectivity index (χ0n) is 10.9. The summed E-state index contributed by atoms with van der Waals surface area (Å²) in [6, 6.07) is 9.77. The molecular weight excluding hydrogens is 292 g/mol. The van der Waals surface area contributed by atoms with Crippen LogP contribution in [0.25, 0.3) is 0 Å². The molecule has 1 aliphatic rings. The van der Waals surface area contributed by atoms with Gasteiger partial charge in [0.15, 0.2) is 0 Å². The summed E-state index contributed by atoms with van der Waals surface area (Å²) in [4.78, 5) is 1.02. The molecule has 1 heterocycles. The third-order valence-corrected chi connectivity index (χ3v) is 6.24. The molecule has 0 saturated heterocycles. The van der Waals surface area contributed by atoms with Crippen molar-refractivity contribution < 1.29 is 8.42 Å². The second-order valence-electron chi connectivity index (χ2n) is 4.86. The Labute approximate surface area is 122 Å². The minimum absolute atomic E-state index is 0.250. The Kier molecular flexibility index (Phi) is 3.64. The van der Waals surface area contributed by atoms with Crippen LogP contribution in [-0.2, 0) is 23.0 Å². The Balaban J connectivity index is 1.70.